The molecule has 2 N–H and O–H groups in total. The van der Waals surface area contributed by atoms with Crippen LogP contribution in [0.4, 0.5) is 0 Å². The average molecular weight is 1070 g/mol. The Balaban J connectivity index is 0.000000134. The van der Waals surface area contributed by atoms with Crippen LogP contribution in [0.15, 0.2) is 247 Å². The van der Waals surface area contributed by atoms with E-state index in [1.807, 2.05) is 84.9 Å². The third-order valence-electron chi connectivity index (χ3n) is 15.6. The summed E-state index contributed by atoms with van der Waals surface area (Å²) in [5, 5.41) is 44.6. The summed E-state index contributed by atoms with van der Waals surface area (Å²) in [4.78, 5) is 0. The molecule has 0 saturated carbocycles. The van der Waals surface area contributed by atoms with E-state index in [-0.39, 0.29) is 10.8 Å². The molecule has 4 nitrogen and oxygen atoms in total. The number of hydrogen-bond acceptors (Lipinski definition) is 4. The maximum Gasteiger partial charge on any atom is 0.489 e. The van der Waals surface area contributed by atoms with Crippen molar-refractivity contribution in [3.05, 3.63) is 281 Å². The van der Waals surface area contributed by atoms with Gasteiger partial charge < -0.3 is 10.0 Å². The Morgan fingerprint density at radius 2 is 0.705 bits per heavy atom. The molecule has 11 aromatic rings. The first-order valence-electron chi connectivity index (χ1n) is 26.2. The zero-order valence-electron chi connectivity index (χ0n) is 43.8. The molecule has 0 amide bonds. The van der Waals surface area contributed by atoms with Crippen molar-refractivity contribution in [1.29, 1.82) is 10.5 Å². The van der Waals surface area contributed by atoms with Gasteiger partial charge in [-0.3, -0.25) is 0 Å². The fraction of sp³-hybridized carbons (Fsp3) is 0.0833. The van der Waals surface area contributed by atoms with Gasteiger partial charge in [-0.25, -0.2) is 0 Å². The lowest BCUT2D eigenvalue weighted by Gasteiger charge is -2.22. The van der Waals surface area contributed by atoms with Crippen LogP contribution in [0, 0.1) is 22.7 Å². The Kier molecular flexibility index (Phi) is 14.0. The summed E-state index contributed by atoms with van der Waals surface area (Å²) in [7, 11) is -1.50. The summed E-state index contributed by atoms with van der Waals surface area (Å²) in [5.41, 5.74) is 18.9. The van der Waals surface area contributed by atoms with Crippen LogP contribution in [0.5, 0.6) is 0 Å². The predicted molar refractivity (Wildman–Crippen MR) is 328 cm³/mol. The first-order chi connectivity index (χ1) is 37.9. The molecule has 0 bridgehead atoms. The molecule has 2 aliphatic rings. The second-order valence-electron chi connectivity index (χ2n) is 20.9. The summed E-state index contributed by atoms with van der Waals surface area (Å²) in [6.07, 6.45) is 0. The van der Waals surface area contributed by atoms with Gasteiger partial charge in [0.1, 0.15) is 0 Å². The van der Waals surface area contributed by atoms with Crippen LogP contribution in [0.3, 0.4) is 0 Å². The van der Waals surface area contributed by atoms with Crippen molar-refractivity contribution in [1.82, 2.24) is 0 Å². The lowest BCUT2D eigenvalue weighted by molar-refractivity contribution is 0.426. The van der Waals surface area contributed by atoms with Gasteiger partial charge in [0, 0.05) is 15.3 Å². The quantitative estimate of drug-likeness (QED) is 0.136. The molecule has 0 atom stereocenters. The van der Waals surface area contributed by atoms with Gasteiger partial charge in [-0.05, 0) is 158 Å². The van der Waals surface area contributed by atoms with Gasteiger partial charge in [-0.2, -0.15) is 10.5 Å². The first-order valence-corrected chi connectivity index (χ1v) is 27.0. The van der Waals surface area contributed by atoms with E-state index in [1.165, 1.54) is 77.5 Å². The smallest absolute Gasteiger partial charge is 0.423 e. The molecule has 0 heterocycles. The molecular formula is C72H54BBrN2O2. The monoisotopic (exact) mass is 1070 g/mol. The molecule has 6 heteroatoms. The lowest BCUT2D eigenvalue weighted by Crippen LogP contribution is -2.31. The third kappa shape index (κ3) is 9.36. The van der Waals surface area contributed by atoms with Crippen LogP contribution < -0.4 is 5.46 Å². The van der Waals surface area contributed by atoms with Crippen molar-refractivity contribution in [2.24, 2.45) is 0 Å². The Labute approximate surface area is 465 Å². The number of hydrogen-bond donors (Lipinski definition) is 2. The molecule has 0 aromatic heterocycles. The van der Waals surface area contributed by atoms with Crippen molar-refractivity contribution in [3.8, 4) is 67.8 Å². The Bertz CT molecular complexity index is 4230. The van der Waals surface area contributed by atoms with Crippen molar-refractivity contribution in [3.63, 3.8) is 0 Å². The minimum atomic E-state index is -1.50. The molecule has 0 spiro atoms. The fourth-order valence-corrected chi connectivity index (χ4v) is 12.2. The highest BCUT2D eigenvalue weighted by molar-refractivity contribution is 9.10. The van der Waals surface area contributed by atoms with Gasteiger partial charge >= 0.3 is 7.12 Å². The van der Waals surface area contributed by atoms with Crippen LogP contribution in [0.25, 0.3) is 88.0 Å². The third-order valence-corrected chi connectivity index (χ3v) is 16.1. The van der Waals surface area contributed by atoms with Crippen LogP contribution in [0.2, 0.25) is 0 Å². The molecule has 2 aliphatic carbocycles. The molecule has 11 aromatic carbocycles. The van der Waals surface area contributed by atoms with Gasteiger partial charge in [-0.15, -0.1) is 0 Å². The van der Waals surface area contributed by atoms with E-state index < -0.39 is 7.12 Å². The molecule has 0 unspecified atom stereocenters. The number of fused-ring (bicyclic) bond motifs is 9. The van der Waals surface area contributed by atoms with Crippen molar-refractivity contribution < 1.29 is 10.0 Å². The van der Waals surface area contributed by atoms with E-state index in [4.69, 9.17) is 5.26 Å². The van der Waals surface area contributed by atoms with Crippen molar-refractivity contribution in [2.45, 2.75) is 38.5 Å². The van der Waals surface area contributed by atoms with Crippen LogP contribution >= 0.6 is 15.9 Å². The predicted octanol–water partition coefficient (Wildman–Crippen LogP) is 17.4. The number of halogens is 1. The topological polar surface area (TPSA) is 88.0 Å². The fourth-order valence-electron chi connectivity index (χ4n) is 11.8. The molecule has 13 rings (SSSR count). The summed E-state index contributed by atoms with van der Waals surface area (Å²) < 4.78 is 1.10. The summed E-state index contributed by atoms with van der Waals surface area (Å²) in [5.74, 6) is 0. The van der Waals surface area contributed by atoms with E-state index in [1.54, 1.807) is 0 Å². The van der Waals surface area contributed by atoms with E-state index in [0.29, 0.717) is 11.0 Å². The maximum atomic E-state index is 9.94. The van der Waals surface area contributed by atoms with Gasteiger partial charge in [0.15, 0.2) is 0 Å². The molecular weight excluding hydrogens is 1020 g/mol. The van der Waals surface area contributed by atoms with E-state index in [0.717, 1.165) is 42.7 Å². The van der Waals surface area contributed by atoms with Crippen LogP contribution in [-0.4, -0.2) is 17.2 Å². The van der Waals surface area contributed by atoms with Gasteiger partial charge in [-0.1, -0.05) is 244 Å². The van der Waals surface area contributed by atoms with Gasteiger partial charge in [0.2, 0.25) is 0 Å². The second kappa shape index (κ2) is 21.3. The molecule has 0 radical (unpaired) electrons. The lowest BCUT2D eigenvalue weighted by atomic mass is 9.72. The molecule has 0 saturated heterocycles. The standard InChI is InChI=1S/C36H27N.C20H15BO2.C16H12BrN/c1-36(2)34-22-25(24-37)18-20-32(34)33-21-19-27(23-35(33)36)29-15-9-4-3-8-14-28(26-12-6-5-7-13-26)30-16-10-11-17-31(29)30;22-21(23)20-17-12-6-4-10-15(17)19(14-8-2-1-3-9-14)16-11-5-7-13-18(16)20;1-16(2)14-7-10(9-18)3-5-12(14)13-6-4-11(17)8-15(13)16/h3-23H,1-2H3;1-13,22-23H;3-8H,1-2H3. The summed E-state index contributed by atoms with van der Waals surface area (Å²) in [6.45, 7) is 8.95. The summed E-state index contributed by atoms with van der Waals surface area (Å²) >= 11 is 3.54. The van der Waals surface area contributed by atoms with Crippen LogP contribution in [0.1, 0.15) is 61.1 Å². The highest BCUT2D eigenvalue weighted by Gasteiger charge is 2.37. The number of benzene rings is 10. The Hall–Kier alpha value is -8.88. The largest absolute Gasteiger partial charge is 0.489 e. The molecule has 374 valence electrons. The number of nitriles is 2. The van der Waals surface area contributed by atoms with Crippen LogP contribution in [-0.2, 0) is 10.8 Å². The van der Waals surface area contributed by atoms with E-state index in [2.05, 4.69) is 213 Å². The molecule has 0 aliphatic heterocycles. The summed E-state index contributed by atoms with van der Waals surface area (Å²) in [6, 6.07) is 88.0. The van der Waals surface area contributed by atoms with Crippen molar-refractivity contribution >= 4 is 60.8 Å². The highest BCUT2D eigenvalue weighted by Crippen LogP contribution is 2.51. The SMILES string of the molecule is CC1(C)c2cc(Br)ccc2-c2ccc(C#N)cc21.CC1(C)c2cc(C#N)ccc2-c2ccc(-c3ccccccc(-c4ccccc4)c4ccccc34)cc21.OB(O)c1c2ccccc2c(-c2ccccc2)c2ccccc12. The Morgan fingerprint density at radius 3 is 1.18 bits per heavy atom. The average Bonchev–Trinajstić information content (AvgIpc) is 3.90. The maximum absolute atomic E-state index is 9.94. The molecule has 0 fully saturated rings. The highest BCUT2D eigenvalue weighted by atomic mass is 79.9. The molecule has 78 heavy (non-hydrogen) atoms. The zero-order valence-corrected chi connectivity index (χ0v) is 45.4. The first kappa shape index (κ1) is 51.2. The minimum Gasteiger partial charge on any atom is -0.423 e. The van der Waals surface area contributed by atoms with E-state index >= 15 is 0 Å². The van der Waals surface area contributed by atoms with Crippen molar-refractivity contribution in [2.75, 3.05) is 0 Å². The normalized spacial score (nSPS) is 12.7. The minimum absolute atomic E-state index is 0.0404. The van der Waals surface area contributed by atoms with Gasteiger partial charge in [0.05, 0.1) is 23.3 Å². The number of nitrogens with zero attached hydrogens (tertiary/aromatic N) is 2. The van der Waals surface area contributed by atoms with E-state index in [9.17, 15) is 15.3 Å². The second-order valence-corrected chi connectivity index (χ2v) is 21.8. The Morgan fingerprint density at radius 1 is 0.346 bits per heavy atom. The zero-order chi connectivity index (χ0) is 54.1. The number of rotatable bonds is 4. The van der Waals surface area contributed by atoms with Gasteiger partial charge in [0.25, 0.3) is 0 Å².